The van der Waals surface area contributed by atoms with E-state index in [1.165, 1.54) is 25.1 Å². The predicted molar refractivity (Wildman–Crippen MR) is 83.7 cm³/mol. The van der Waals surface area contributed by atoms with Crippen LogP contribution in [0.1, 0.15) is 38.3 Å². The van der Waals surface area contributed by atoms with Gasteiger partial charge < -0.3 is 10.5 Å². The van der Waals surface area contributed by atoms with Gasteiger partial charge in [0.2, 0.25) is 0 Å². The zero-order chi connectivity index (χ0) is 14.8. The zero-order valence-electron chi connectivity index (χ0n) is 13.3. The van der Waals surface area contributed by atoms with E-state index in [-0.39, 0.29) is 0 Å². The average Bonchev–Trinajstić information content (AvgIpc) is 2.87. The fraction of sp³-hybridized carbons (Fsp3) is 0.647. The van der Waals surface area contributed by atoms with Gasteiger partial charge in [0.15, 0.2) is 0 Å². The minimum atomic E-state index is 0.414. The van der Waals surface area contributed by atoms with Gasteiger partial charge in [0.05, 0.1) is 7.11 Å². The van der Waals surface area contributed by atoms with Crippen LogP contribution in [0.5, 0.6) is 5.75 Å². The number of hydrogen-bond donors (Lipinski definition) is 1. The molecule has 1 aromatic carbocycles. The van der Waals surface area contributed by atoms with Crippen molar-refractivity contribution in [2.75, 3.05) is 20.2 Å². The molecule has 1 aliphatic rings. The lowest BCUT2D eigenvalue weighted by Crippen LogP contribution is -2.25. The van der Waals surface area contributed by atoms with Crippen molar-refractivity contribution in [3.8, 4) is 5.75 Å². The largest absolute Gasteiger partial charge is 0.496 e. The molecule has 1 atom stereocenters. The van der Waals surface area contributed by atoms with Crippen LogP contribution in [0.4, 0.5) is 0 Å². The number of likely N-dealkylation sites (tertiary alicyclic amines) is 1. The van der Waals surface area contributed by atoms with E-state index >= 15 is 0 Å². The first kappa shape index (κ1) is 15.3. The van der Waals surface area contributed by atoms with E-state index < -0.39 is 0 Å². The van der Waals surface area contributed by atoms with Crippen LogP contribution in [0.2, 0.25) is 0 Å². The van der Waals surface area contributed by atoms with Gasteiger partial charge in [0, 0.05) is 25.2 Å². The molecule has 0 amide bonds. The summed E-state index contributed by atoms with van der Waals surface area (Å²) in [4.78, 5) is 2.55. The van der Waals surface area contributed by atoms with Crippen LogP contribution >= 0.6 is 0 Å². The number of hydrogen-bond acceptors (Lipinski definition) is 3. The summed E-state index contributed by atoms with van der Waals surface area (Å²) in [6.07, 6.45) is 1.31. The van der Waals surface area contributed by atoms with Crippen molar-refractivity contribution in [1.82, 2.24) is 4.90 Å². The molecule has 3 nitrogen and oxygen atoms in total. The van der Waals surface area contributed by atoms with Crippen LogP contribution < -0.4 is 10.5 Å². The Hall–Kier alpha value is -1.06. The molecule has 0 aromatic heterocycles. The number of methoxy groups -OCH3 is 1. The molecule has 20 heavy (non-hydrogen) atoms. The third kappa shape index (κ3) is 3.53. The van der Waals surface area contributed by atoms with Gasteiger partial charge in [-0.25, -0.2) is 0 Å². The third-order valence-electron chi connectivity index (χ3n) is 4.47. The summed E-state index contributed by atoms with van der Waals surface area (Å²) in [5.41, 5.74) is 8.63. The molecule has 3 heteroatoms. The highest BCUT2D eigenvalue weighted by Gasteiger charge is 2.31. The standard InChI is InChI=1S/C17H28N2O/c1-17(2,3)15-7-8-19(12-15)11-13-5-6-16(20-4)14(9-13)10-18/h5-6,9,15H,7-8,10-12,18H2,1-4H3. The molecule has 0 bridgehead atoms. The van der Waals surface area contributed by atoms with Crippen molar-refractivity contribution >= 4 is 0 Å². The summed E-state index contributed by atoms with van der Waals surface area (Å²) in [5.74, 6) is 1.69. The van der Waals surface area contributed by atoms with Crippen molar-refractivity contribution in [2.45, 2.75) is 40.3 Å². The molecule has 2 N–H and O–H groups in total. The highest BCUT2D eigenvalue weighted by atomic mass is 16.5. The summed E-state index contributed by atoms with van der Waals surface area (Å²) in [5, 5.41) is 0. The van der Waals surface area contributed by atoms with Crippen LogP contribution in [0, 0.1) is 11.3 Å². The quantitative estimate of drug-likeness (QED) is 0.918. The highest BCUT2D eigenvalue weighted by Crippen LogP contribution is 2.34. The van der Waals surface area contributed by atoms with E-state index in [1.54, 1.807) is 7.11 Å². The van der Waals surface area contributed by atoms with E-state index in [9.17, 15) is 0 Å². The fourth-order valence-electron chi connectivity index (χ4n) is 3.03. The maximum absolute atomic E-state index is 5.79. The van der Waals surface area contributed by atoms with Crippen LogP contribution in [0.15, 0.2) is 18.2 Å². The van der Waals surface area contributed by atoms with Gasteiger partial charge in [-0.2, -0.15) is 0 Å². The summed E-state index contributed by atoms with van der Waals surface area (Å²) >= 11 is 0. The second-order valence-electron chi connectivity index (χ2n) is 6.94. The van der Waals surface area contributed by atoms with Crippen LogP contribution in [-0.4, -0.2) is 25.1 Å². The Morgan fingerprint density at radius 3 is 2.65 bits per heavy atom. The maximum Gasteiger partial charge on any atom is 0.123 e. The topological polar surface area (TPSA) is 38.5 Å². The Morgan fingerprint density at radius 1 is 1.35 bits per heavy atom. The summed E-state index contributed by atoms with van der Waals surface area (Å²) in [6.45, 7) is 11.0. The highest BCUT2D eigenvalue weighted by molar-refractivity contribution is 5.37. The van der Waals surface area contributed by atoms with Gasteiger partial charge in [-0.05, 0) is 42.0 Å². The van der Waals surface area contributed by atoms with Gasteiger partial charge in [-0.1, -0.05) is 26.8 Å². The minimum absolute atomic E-state index is 0.414. The SMILES string of the molecule is COc1ccc(CN2CCC(C(C)(C)C)C2)cc1CN. The second-order valence-corrected chi connectivity index (χ2v) is 6.94. The molecule has 0 spiro atoms. The Labute approximate surface area is 123 Å². The van der Waals surface area contributed by atoms with E-state index in [0.717, 1.165) is 23.8 Å². The molecule has 0 aliphatic carbocycles. The second kappa shape index (κ2) is 6.15. The van der Waals surface area contributed by atoms with Crippen molar-refractivity contribution in [3.05, 3.63) is 29.3 Å². The minimum Gasteiger partial charge on any atom is -0.496 e. The molecule has 1 saturated heterocycles. The van der Waals surface area contributed by atoms with Crippen LogP contribution in [0.25, 0.3) is 0 Å². The maximum atomic E-state index is 5.79. The first-order valence-corrected chi connectivity index (χ1v) is 7.52. The van der Waals surface area contributed by atoms with Crippen molar-refractivity contribution in [2.24, 2.45) is 17.1 Å². The Bertz CT molecular complexity index is 451. The molecule has 2 rings (SSSR count). The lowest BCUT2D eigenvalue weighted by atomic mass is 9.80. The van der Waals surface area contributed by atoms with Gasteiger partial charge in [0.25, 0.3) is 0 Å². The third-order valence-corrected chi connectivity index (χ3v) is 4.47. The molecule has 1 aromatic rings. The molecule has 0 saturated carbocycles. The number of rotatable bonds is 4. The molecule has 112 valence electrons. The Balaban J connectivity index is 2.01. The molecule has 1 heterocycles. The van der Waals surface area contributed by atoms with Crippen molar-refractivity contribution in [3.63, 3.8) is 0 Å². The normalized spacial score (nSPS) is 20.4. The molecule has 1 fully saturated rings. The molecule has 0 radical (unpaired) electrons. The van der Waals surface area contributed by atoms with Crippen LogP contribution in [0.3, 0.4) is 0 Å². The van der Waals surface area contributed by atoms with Crippen molar-refractivity contribution in [1.29, 1.82) is 0 Å². The lowest BCUT2D eigenvalue weighted by molar-refractivity contribution is 0.226. The summed E-state index contributed by atoms with van der Waals surface area (Å²) < 4.78 is 5.33. The molecule has 1 aliphatic heterocycles. The average molecular weight is 276 g/mol. The molecule has 1 unspecified atom stereocenters. The number of benzene rings is 1. The van der Waals surface area contributed by atoms with E-state index in [4.69, 9.17) is 10.5 Å². The smallest absolute Gasteiger partial charge is 0.123 e. The number of nitrogens with two attached hydrogens (primary N) is 1. The zero-order valence-corrected chi connectivity index (χ0v) is 13.3. The van der Waals surface area contributed by atoms with E-state index in [2.05, 4.69) is 37.8 Å². The van der Waals surface area contributed by atoms with E-state index in [0.29, 0.717) is 12.0 Å². The van der Waals surface area contributed by atoms with Gasteiger partial charge in [0.1, 0.15) is 5.75 Å². The first-order chi connectivity index (χ1) is 9.44. The lowest BCUT2D eigenvalue weighted by Gasteiger charge is -2.27. The fourth-order valence-corrected chi connectivity index (χ4v) is 3.03. The van der Waals surface area contributed by atoms with Gasteiger partial charge >= 0.3 is 0 Å². The van der Waals surface area contributed by atoms with Gasteiger partial charge in [-0.15, -0.1) is 0 Å². The van der Waals surface area contributed by atoms with Gasteiger partial charge in [-0.3, -0.25) is 4.90 Å². The first-order valence-electron chi connectivity index (χ1n) is 7.52. The molecular weight excluding hydrogens is 248 g/mol. The predicted octanol–water partition coefficient (Wildman–Crippen LogP) is 3.02. The molecular formula is C17H28N2O. The summed E-state index contributed by atoms with van der Waals surface area (Å²) in [6, 6.07) is 6.38. The van der Waals surface area contributed by atoms with E-state index in [1.807, 2.05) is 6.07 Å². The monoisotopic (exact) mass is 276 g/mol. The van der Waals surface area contributed by atoms with Crippen LogP contribution in [-0.2, 0) is 13.1 Å². The number of nitrogens with zero attached hydrogens (tertiary/aromatic N) is 1. The van der Waals surface area contributed by atoms with Crippen molar-refractivity contribution < 1.29 is 4.74 Å². The Kier molecular flexibility index (Phi) is 4.71. The number of ether oxygens (including phenoxy) is 1. The summed E-state index contributed by atoms with van der Waals surface area (Å²) in [7, 11) is 1.70. The Morgan fingerprint density at radius 2 is 2.10 bits per heavy atom.